The zero-order valence-electron chi connectivity index (χ0n) is 15.2. The Morgan fingerprint density at radius 2 is 2.00 bits per heavy atom. The maximum absolute atomic E-state index is 12.1. The van der Waals surface area contributed by atoms with Crippen LogP contribution < -0.4 is 10.6 Å². The first-order valence-corrected chi connectivity index (χ1v) is 9.39. The Hall–Kier alpha value is -1.82. The number of carbonyl (C=O) groups is 2. The molecule has 25 heavy (non-hydrogen) atoms. The summed E-state index contributed by atoms with van der Waals surface area (Å²) < 4.78 is 5.80. The van der Waals surface area contributed by atoms with Crippen LogP contribution in [0.2, 0.25) is 0 Å². The van der Waals surface area contributed by atoms with Gasteiger partial charge in [0.1, 0.15) is 11.5 Å². The van der Waals surface area contributed by atoms with Gasteiger partial charge in [0.25, 0.3) is 0 Å². The van der Waals surface area contributed by atoms with Crippen molar-refractivity contribution < 1.29 is 14.0 Å². The van der Waals surface area contributed by atoms with Crippen LogP contribution in [0.1, 0.15) is 50.2 Å². The van der Waals surface area contributed by atoms with Gasteiger partial charge in [-0.2, -0.15) is 0 Å². The van der Waals surface area contributed by atoms with E-state index >= 15 is 0 Å². The third-order valence-corrected chi connectivity index (χ3v) is 5.26. The monoisotopic (exact) mass is 347 g/mol. The number of nitrogens with one attached hydrogen (secondary N) is 2. The van der Waals surface area contributed by atoms with E-state index in [1.165, 1.54) is 12.8 Å². The molecule has 0 aromatic carbocycles. The van der Waals surface area contributed by atoms with Crippen LogP contribution in [0.25, 0.3) is 0 Å². The molecule has 138 valence electrons. The van der Waals surface area contributed by atoms with Gasteiger partial charge in [-0.1, -0.05) is 6.92 Å². The second-order valence-electron chi connectivity index (χ2n) is 7.37. The molecule has 1 aromatic heterocycles. The van der Waals surface area contributed by atoms with Crippen molar-refractivity contribution in [3.63, 3.8) is 0 Å². The molecule has 6 nitrogen and oxygen atoms in total. The molecule has 1 saturated carbocycles. The average molecular weight is 347 g/mol. The molecule has 0 bridgehead atoms. The van der Waals surface area contributed by atoms with E-state index in [2.05, 4.69) is 22.5 Å². The van der Waals surface area contributed by atoms with Crippen LogP contribution in [0.5, 0.6) is 0 Å². The number of carbonyl (C=O) groups excluding carboxylic acids is 2. The minimum atomic E-state index is -0.0309. The fourth-order valence-corrected chi connectivity index (χ4v) is 3.51. The van der Waals surface area contributed by atoms with Crippen molar-refractivity contribution in [3.05, 3.63) is 23.7 Å². The molecule has 2 fully saturated rings. The molecule has 2 aliphatic rings. The molecular formula is C19H29N3O3. The van der Waals surface area contributed by atoms with Gasteiger partial charge in [0, 0.05) is 25.4 Å². The minimum Gasteiger partial charge on any atom is -0.465 e. The molecule has 0 spiro atoms. The van der Waals surface area contributed by atoms with E-state index in [-0.39, 0.29) is 23.8 Å². The van der Waals surface area contributed by atoms with Gasteiger partial charge in [0.05, 0.1) is 6.04 Å². The Labute approximate surface area is 149 Å². The van der Waals surface area contributed by atoms with Gasteiger partial charge in [0.15, 0.2) is 0 Å². The van der Waals surface area contributed by atoms with Crippen molar-refractivity contribution >= 4 is 11.8 Å². The number of hydrogen-bond donors (Lipinski definition) is 2. The number of nitrogens with zero attached hydrogens (tertiary/aromatic N) is 1. The largest absolute Gasteiger partial charge is 0.465 e. The number of amides is 2. The molecule has 1 saturated heterocycles. The molecular weight excluding hydrogens is 318 g/mol. The van der Waals surface area contributed by atoms with E-state index in [0.29, 0.717) is 25.4 Å². The minimum absolute atomic E-state index is 0.0309. The van der Waals surface area contributed by atoms with Crippen molar-refractivity contribution in [2.45, 2.75) is 45.6 Å². The van der Waals surface area contributed by atoms with Crippen LogP contribution in [0.3, 0.4) is 0 Å². The highest BCUT2D eigenvalue weighted by Crippen LogP contribution is 2.37. The van der Waals surface area contributed by atoms with Gasteiger partial charge in [-0.3, -0.25) is 14.5 Å². The first kappa shape index (κ1) is 18.0. The fraction of sp³-hybridized carbons (Fsp3) is 0.684. The summed E-state index contributed by atoms with van der Waals surface area (Å²) in [7, 11) is 0. The predicted molar refractivity (Wildman–Crippen MR) is 94.9 cm³/mol. The molecule has 3 rings (SSSR count). The molecule has 2 N–H and O–H groups in total. The van der Waals surface area contributed by atoms with E-state index in [9.17, 15) is 9.59 Å². The van der Waals surface area contributed by atoms with Crippen LogP contribution in [0, 0.1) is 18.8 Å². The highest BCUT2D eigenvalue weighted by atomic mass is 16.3. The Morgan fingerprint density at radius 1 is 1.28 bits per heavy atom. The van der Waals surface area contributed by atoms with Crippen LogP contribution in [-0.2, 0) is 9.59 Å². The Kier molecular flexibility index (Phi) is 5.78. The van der Waals surface area contributed by atoms with E-state index in [1.54, 1.807) is 0 Å². The lowest BCUT2D eigenvalue weighted by Crippen LogP contribution is -2.38. The van der Waals surface area contributed by atoms with E-state index < -0.39 is 0 Å². The lowest BCUT2D eigenvalue weighted by atomic mass is 10.2. The third-order valence-electron chi connectivity index (χ3n) is 5.26. The van der Waals surface area contributed by atoms with Crippen LogP contribution >= 0.6 is 0 Å². The van der Waals surface area contributed by atoms with Gasteiger partial charge >= 0.3 is 0 Å². The molecule has 6 heteroatoms. The maximum atomic E-state index is 12.1. The predicted octanol–water partition coefficient (Wildman–Crippen LogP) is 2.00. The molecule has 1 aliphatic heterocycles. The first-order valence-electron chi connectivity index (χ1n) is 9.39. The maximum Gasteiger partial charge on any atom is 0.223 e. The smallest absolute Gasteiger partial charge is 0.223 e. The summed E-state index contributed by atoms with van der Waals surface area (Å²) in [5.41, 5.74) is 0. The summed E-state index contributed by atoms with van der Waals surface area (Å²) in [4.78, 5) is 26.3. The van der Waals surface area contributed by atoms with Crippen molar-refractivity contribution in [2.75, 3.05) is 26.2 Å². The highest BCUT2D eigenvalue weighted by molar-refractivity contribution is 5.82. The molecule has 1 aliphatic carbocycles. The summed E-state index contributed by atoms with van der Waals surface area (Å²) in [6.45, 7) is 7.03. The second-order valence-corrected chi connectivity index (χ2v) is 7.37. The van der Waals surface area contributed by atoms with Gasteiger partial charge in [-0.25, -0.2) is 0 Å². The molecule has 2 amide bonds. The van der Waals surface area contributed by atoms with E-state index in [0.717, 1.165) is 31.0 Å². The van der Waals surface area contributed by atoms with Gasteiger partial charge in [-0.05, 0) is 57.3 Å². The normalized spacial score (nSPS) is 24.1. The van der Waals surface area contributed by atoms with Crippen molar-refractivity contribution in [3.8, 4) is 0 Å². The summed E-state index contributed by atoms with van der Waals surface area (Å²) in [5, 5.41) is 5.86. The zero-order valence-corrected chi connectivity index (χ0v) is 15.2. The summed E-state index contributed by atoms with van der Waals surface area (Å²) in [6, 6.07) is 4.05. The number of likely N-dealkylation sites (tertiary alicyclic amines) is 1. The van der Waals surface area contributed by atoms with E-state index in [4.69, 9.17) is 4.42 Å². The third kappa shape index (κ3) is 4.84. The van der Waals surface area contributed by atoms with Gasteiger partial charge in [-0.15, -0.1) is 0 Å². The Bertz CT molecular complexity index is 607. The molecule has 0 radical (unpaired) electrons. The summed E-state index contributed by atoms with van der Waals surface area (Å²) in [6.07, 6.45) is 3.67. The van der Waals surface area contributed by atoms with Crippen molar-refractivity contribution in [2.24, 2.45) is 11.8 Å². The molecule has 3 atom stereocenters. The van der Waals surface area contributed by atoms with Crippen LogP contribution in [0.4, 0.5) is 0 Å². The van der Waals surface area contributed by atoms with Gasteiger partial charge in [0.2, 0.25) is 11.8 Å². The Balaban J connectivity index is 1.43. The SMILES string of the molecule is Cc1ccc([C@H](CNC(=O)CCNC(=O)[C@H]2C[C@@H]2C)N2CCCC2)o1. The summed E-state index contributed by atoms with van der Waals surface area (Å²) in [5.74, 6) is 2.51. The number of furan rings is 1. The fourth-order valence-electron chi connectivity index (χ4n) is 3.51. The Morgan fingerprint density at radius 3 is 2.60 bits per heavy atom. The van der Waals surface area contributed by atoms with Crippen molar-refractivity contribution in [1.82, 2.24) is 15.5 Å². The topological polar surface area (TPSA) is 74.6 Å². The standard InChI is InChI=1S/C19H29N3O3/c1-13-11-15(13)19(24)20-8-7-18(23)21-12-16(22-9-3-4-10-22)17-6-5-14(2)25-17/h5-6,13,15-16H,3-4,7-12H2,1-2H3,(H,20,24)(H,21,23)/t13-,15-,16-/m0/s1. The highest BCUT2D eigenvalue weighted by Gasteiger charge is 2.38. The van der Waals surface area contributed by atoms with Gasteiger partial charge < -0.3 is 15.1 Å². The van der Waals surface area contributed by atoms with E-state index in [1.807, 2.05) is 19.1 Å². The molecule has 2 heterocycles. The van der Waals surface area contributed by atoms with Crippen LogP contribution in [0.15, 0.2) is 16.5 Å². The van der Waals surface area contributed by atoms with Crippen LogP contribution in [-0.4, -0.2) is 42.9 Å². The number of hydrogen-bond acceptors (Lipinski definition) is 4. The quantitative estimate of drug-likeness (QED) is 0.754. The zero-order chi connectivity index (χ0) is 17.8. The molecule has 0 unspecified atom stereocenters. The van der Waals surface area contributed by atoms with Crippen molar-refractivity contribution in [1.29, 1.82) is 0 Å². The first-order chi connectivity index (χ1) is 12.0. The lowest BCUT2D eigenvalue weighted by molar-refractivity contribution is -0.123. The summed E-state index contributed by atoms with van der Waals surface area (Å²) >= 11 is 0. The number of aryl methyl sites for hydroxylation is 1. The lowest BCUT2D eigenvalue weighted by Gasteiger charge is -2.26. The molecule has 1 aromatic rings. The number of rotatable bonds is 8. The average Bonchev–Trinajstić information content (AvgIpc) is 2.97. The second kappa shape index (κ2) is 8.04.